The molecule has 0 fully saturated rings. The topological polar surface area (TPSA) is 332 Å². The fourth-order valence-electron chi connectivity index (χ4n) is 10.7. The number of unbranched alkanes of at least 4 members (excludes halogenated alkanes) is 1. The van der Waals surface area contributed by atoms with E-state index < -0.39 is 77.5 Å². The number of hydrogen-bond acceptors (Lipinski definition) is 13. The molecule has 5 amide bonds. The minimum atomic E-state index is -1.11. The molecule has 0 saturated heterocycles. The van der Waals surface area contributed by atoms with Crippen molar-refractivity contribution in [3.8, 4) is 0 Å². The molecule has 0 aliphatic heterocycles. The van der Waals surface area contributed by atoms with Crippen molar-refractivity contribution in [3.05, 3.63) is 144 Å². The number of amides is 5. The van der Waals surface area contributed by atoms with Crippen LogP contribution < -0.4 is 49.9 Å². The average Bonchev–Trinajstić information content (AvgIpc) is 3.62. The molecule has 0 heterocycles. The van der Waals surface area contributed by atoms with Gasteiger partial charge in [-0.15, -0.1) is 0 Å². The maximum absolute atomic E-state index is 14.3. The molecule has 86 heavy (non-hydrogen) atoms. The highest BCUT2D eigenvalue weighted by Gasteiger charge is 2.35. The first-order valence-electron chi connectivity index (χ1n) is 30.8. The van der Waals surface area contributed by atoms with Crippen LogP contribution in [0.5, 0.6) is 0 Å². The summed E-state index contributed by atoms with van der Waals surface area (Å²) in [5.74, 6) is -7.27. The average molecular weight is 1180 g/mol. The van der Waals surface area contributed by atoms with Gasteiger partial charge in [0, 0.05) is 55.9 Å². The predicted molar refractivity (Wildman–Crippen MR) is 336 cm³/mol. The van der Waals surface area contributed by atoms with Crippen molar-refractivity contribution >= 4 is 52.7 Å². The van der Waals surface area contributed by atoms with Gasteiger partial charge in [0.05, 0.1) is 24.2 Å². The first-order chi connectivity index (χ1) is 41.2. The molecular formula is C68H97N9O9. The van der Waals surface area contributed by atoms with Crippen molar-refractivity contribution in [3.63, 3.8) is 0 Å². The second-order valence-electron chi connectivity index (χ2n) is 23.9. The van der Waals surface area contributed by atoms with Gasteiger partial charge >= 0.3 is 0 Å². The first kappa shape index (κ1) is 71.2. The van der Waals surface area contributed by atoms with Crippen LogP contribution in [0.1, 0.15) is 133 Å². The molecule has 0 aliphatic carbocycles. The standard InChI is InChI=1S/C68H97N9O9/c1-45(2)35-58(76-67(85)53(37-47-21-9-5-10-22-47)43-60(78)55(71)39-49-25-13-7-14-26-49)62(80)41-51(29-19-32-69)65(83)74-34-18-17-31-57(64(73)82)75-66(84)52(30-20-33-70)42-63(81)59(36-46(3)4)77-68(86)54(38-48-23-11-6-12-24-48)44-61(79)56(72)40-50-27-15-8-16-28-50/h5-16,21-28,45-46,51-59H,17-20,29-44,69-72H2,1-4H3,(H2,73,82)(H,74,83)(H,75,84)(H,76,85)(H,77,86)/t51-,52-,53-,54-,55+,56+,57-,58+,59+/m0/s1. The van der Waals surface area contributed by atoms with Crippen molar-refractivity contribution in [1.29, 1.82) is 0 Å². The van der Waals surface area contributed by atoms with Gasteiger partial charge in [-0.3, -0.25) is 43.2 Å². The Morgan fingerprint density at radius 3 is 1.06 bits per heavy atom. The van der Waals surface area contributed by atoms with Crippen LogP contribution in [-0.4, -0.2) is 103 Å². The van der Waals surface area contributed by atoms with E-state index in [1.807, 2.05) is 149 Å². The van der Waals surface area contributed by atoms with Crippen LogP contribution in [-0.2, 0) is 68.8 Å². The van der Waals surface area contributed by atoms with Gasteiger partial charge in [-0.2, -0.15) is 0 Å². The number of primary amides is 1. The lowest BCUT2D eigenvalue weighted by Gasteiger charge is -2.26. The van der Waals surface area contributed by atoms with Gasteiger partial charge in [-0.25, -0.2) is 0 Å². The number of rotatable bonds is 43. The molecule has 4 rings (SSSR count). The van der Waals surface area contributed by atoms with E-state index in [1.54, 1.807) is 0 Å². The molecule has 14 N–H and O–H groups in total. The van der Waals surface area contributed by atoms with E-state index in [-0.39, 0.29) is 118 Å². The number of nitrogens with one attached hydrogen (secondary N) is 4. The lowest BCUT2D eigenvalue weighted by Crippen LogP contribution is -2.49. The second-order valence-corrected chi connectivity index (χ2v) is 23.9. The Bertz CT molecular complexity index is 2730. The van der Waals surface area contributed by atoms with Crippen LogP contribution in [0.4, 0.5) is 0 Å². The van der Waals surface area contributed by atoms with Crippen LogP contribution in [0.15, 0.2) is 121 Å². The number of hydrogen-bond donors (Lipinski definition) is 9. The van der Waals surface area contributed by atoms with E-state index in [0.29, 0.717) is 51.4 Å². The molecule has 0 saturated carbocycles. The SMILES string of the molecule is CC(C)C[C@@H](NC(=O)[C@H](CC(=O)[C@H](N)Cc1ccccc1)Cc1ccccc1)C(=O)C[C@H](CCCN)C(=O)NCCCC[C@H](NC(=O)[C@@H](CCCN)CC(=O)[C@@H](CC(C)C)NC(=O)[C@H](CC(=O)[C@H](N)Cc1ccccc1)Cc1ccccc1)C(N)=O. The molecule has 0 bridgehead atoms. The molecule has 0 radical (unpaired) electrons. The van der Waals surface area contributed by atoms with Crippen molar-refractivity contribution in [2.45, 2.75) is 167 Å². The fourth-order valence-corrected chi connectivity index (χ4v) is 10.7. The summed E-state index contributed by atoms with van der Waals surface area (Å²) in [4.78, 5) is 125. The Balaban J connectivity index is 1.37. The van der Waals surface area contributed by atoms with Crippen LogP contribution in [0.2, 0.25) is 0 Å². The first-order valence-corrected chi connectivity index (χ1v) is 30.8. The molecule has 0 aromatic heterocycles. The van der Waals surface area contributed by atoms with E-state index >= 15 is 0 Å². The molecule has 468 valence electrons. The summed E-state index contributed by atoms with van der Waals surface area (Å²) in [6, 6.07) is 32.7. The minimum Gasteiger partial charge on any atom is -0.368 e. The fraction of sp³-hybridized carbons (Fsp3) is 0.515. The molecule has 0 aliphatic rings. The summed E-state index contributed by atoms with van der Waals surface area (Å²) in [5.41, 5.74) is 33.8. The molecule has 18 heteroatoms. The van der Waals surface area contributed by atoms with Crippen LogP contribution in [0.3, 0.4) is 0 Å². The van der Waals surface area contributed by atoms with Gasteiger partial charge in [0.1, 0.15) is 6.04 Å². The van der Waals surface area contributed by atoms with E-state index in [1.165, 1.54) is 0 Å². The van der Waals surface area contributed by atoms with E-state index in [2.05, 4.69) is 21.3 Å². The third-order valence-electron chi connectivity index (χ3n) is 15.6. The maximum atomic E-state index is 14.3. The number of carbonyl (C=O) groups is 9. The summed E-state index contributed by atoms with van der Waals surface area (Å²) < 4.78 is 0. The zero-order valence-corrected chi connectivity index (χ0v) is 51.1. The van der Waals surface area contributed by atoms with Crippen molar-refractivity contribution < 1.29 is 43.2 Å². The van der Waals surface area contributed by atoms with Gasteiger partial charge in [0.25, 0.3) is 0 Å². The largest absolute Gasteiger partial charge is 0.368 e. The Kier molecular flexibility index (Phi) is 32.1. The zero-order valence-electron chi connectivity index (χ0n) is 51.1. The normalized spacial score (nSPS) is 14.5. The summed E-state index contributed by atoms with van der Waals surface area (Å²) in [7, 11) is 0. The number of carbonyl (C=O) groups excluding carboxylic acids is 9. The Morgan fingerprint density at radius 2 is 0.709 bits per heavy atom. The highest BCUT2D eigenvalue weighted by molar-refractivity contribution is 5.96. The third-order valence-corrected chi connectivity index (χ3v) is 15.6. The summed E-state index contributed by atoms with van der Waals surface area (Å²) in [6.07, 6.45) is 3.23. The van der Waals surface area contributed by atoms with Gasteiger partial charge in [-0.1, -0.05) is 149 Å². The van der Waals surface area contributed by atoms with Gasteiger partial charge in [0.2, 0.25) is 29.5 Å². The smallest absolute Gasteiger partial charge is 0.239 e. The Labute approximate surface area is 509 Å². The third kappa shape index (κ3) is 26.6. The molecule has 9 atom stereocenters. The number of benzene rings is 4. The quantitative estimate of drug-likeness (QED) is 0.0240. The molecular weight excluding hydrogens is 1090 g/mol. The molecule has 18 nitrogen and oxygen atoms in total. The Morgan fingerprint density at radius 1 is 0.384 bits per heavy atom. The lowest BCUT2D eigenvalue weighted by molar-refractivity contribution is -0.135. The van der Waals surface area contributed by atoms with E-state index in [9.17, 15) is 43.2 Å². The van der Waals surface area contributed by atoms with Gasteiger partial charge < -0.3 is 49.9 Å². The predicted octanol–water partition coefficient (Wildman–Crippen LogP) is 5.71. The zero-order chi connectivity index (χ0) is 63.0. The van der Waals surface area contributed by atoms with Crippen molar-refractivity contribution in [2.24, 2.45) is 64.2 Å². The molecule has 4 aromatic carbocycles. The summed E-state index contributed by atoms with van der Waals surface area (Å²) >= 11 is 0. The monoisotopic (exact) mass is 1180 g/mol. The number of nitrogens with two attached hydrogens (primary N) is 5. The Hall–Kier alpha value is -7.25. The number of Topliss-reactive ketones (excluding diaryl/α,β-unsaturated/α-hetero) is 4. The minimum absolute atomic E-state index is 0.00510. The molecule has 4 aromatic rings. The highest BCUT2D eigenvalue weighted by Crippen LogP contribution is 2.23. The van der Waals surface area contributed by atoms with Crippen LogP contribution in [0.25, 0.3) is 0 Å². The van der Waals surface area contributed by atoms with Gasteiger partial charge in [0.15, 0.2) is 23.1 Å². The van der Waals surface area contributed by atoms with Crippen LogP contribution >= 0.6 is 0 Å². The van der Waals surface area contributed by atoms with E-state index in [0.717, 1.165) is 22.3 Å². The lowest BCUT2D eigenvalue weighted by atomic mass is 9.88. The van der Waals surface area contributed by atoms with Crippen molar-refractivity contribution in [1.82, 2.24) is 21.3 Å². The number of ketones is 4. The maximum Gasteiger partial charge on any atom is 0.239 e. The van der Waals surface area contributed by atoms with E-state index in [4.69, 9.17) is 28.7 Å². The molecule has 0 unspecified atom stereocenters. The highest BCUT2D eigenvalue weighted by atomic mass is 16.2. The molecule has 0 spiro atoms. The van der Waals surface area contributed by atoms with Crippen LogP contribution in [0, 0.1) is 35.5 Å². The van der Waals surface area contributed by atoms with Gasteiger partial charge in [-0.05, 0) is 131 Å². The summed E-state index contributed by atoms with van der Waals surface area (Å²) in [6.45, 7) is 8.39. The second kappa shape index (κ2) is 38.7. The van der Waals surface area contributed by atoms with Crippen molar-refractivity contribution in [2.75, 3.05) is 19.6 Å². The summed E-state index contributed by atoms with van der Waals surface area (Å²) in [5, 5.41) is 11.6.